The number of carbonyl (C=O) groups is 1. The van der Waals surface area contributed by atoms with Gasteiger partial charge in [0.25, 0.3) is 0 Å². The fourth-order valence-corrected chi connectivity index (χ4v) is 2.64. The first kappa shape index (κ1) is 14.8. The second kappa shape index (κ2) is 6.71. The van der Waals surface area contributed by atoms with E-state index in [0.717, 1.165) is 31.2 Å². The molecule has 0 bridgehead atoms. The van der Waals surface area contributed by atoms with Crippen LogP contribution in [0, 0.1) is 6.92 Å². The van der Waals surface area contributed by atoms with Crippen LogP contribution in [-0.2, 0) is 4.79 Å². The lowest BCUT2D eigenvalue weighted by Crippen LogP contribution is -2.43. The highest BCUT2D eigenvalue weighted by Crippen LogP contribution is 2.27. The molecule has 20 heavy (non-hydrogen) atoms. The number of benzene rings is 1. The summed E-state index contributed by atoms with van der Waals surface area (Å²) in [5.41, 5.74) is 1.48. The van der Waals surface area contributed by atoms with Crippen LogP contribution in [0.3, 0.4) is 0 Å². The number of nitrogens with one attached hydrogen (secondary N) is 1. The lowest BCUT2D eigenvalue weighted by Gasteiger charge is -2.31. The summed E-state index contributed by atoms with van der Waals surface area (Å²) in [6.45, 7) is 2.37. The second-order valence-electron chi connectivity index (χ2n) is 5.75. The maximum absolute atomic E-state index is 11.8. The third-order valence-electron chi connectivity index (χ3n) is 3.85. The third kappa shape index (κ3) is 4.49. The fourth-order valence-electron chi connectivity index (χ4n) is 2.64. The third-order valence-corrected chi connectivity index (χ3v) is 3.85. The lowest BCUT2D eigenvalue weighted by atomic mass is 9.85. The summed E-state index contributed by atoms with van der Waals surface area (Å²) in [6.07, 6.45) is 8.18. The van der Waals surface area contributed by atoms with Crippen LogP contribution in [0.5, 0.6) is 0 Å². The predicted molar refractivity (Wildman–Crippen MR) is 81.3 cm³/mol. The Morgan fingerprint density at radius 1 is 1.35 bits per heavy atom. The van der Waals surface area contributed by atoms with Crippen LogP contribution in [-0.4, -0.2) is 23.2 Å². The molecule has 2 N–H and O–H groups in total. The van der Waals surface area contributed by atoms with E-state index in [-0.39, 0.29) is 5.91 Å². The summed E-state index contributed by atoms with van der Waals surface area (Å²) < 4.78 is 0. The van der Waals surface area contributed by atoms with Gasteiger partial charge in [-0.3, -0.25) is 4.79 Å². The van der Waals surface area contributed by atoms with Crippen LogP contribution >= 0.6 is 0 Å². The quantitative estimate of drug-likeness (QED) is 0.829. The fraction of sp³-hybridized carbons (Fsp3) is 0.471. The van der Waals surface area contributed by atoms with Gasteiger partial charge in [-0.2, -0.15) is 0 Å². The molecule has 0 radical (unpaired) electrons. The van der Waals surface area contributed by atoms with E-state index >= 15 is 0 Å². The minimum Gasteiger partial charge on any atom is -0.388 e. The van der Waals surface area contributed by atoms with Crippen molar-refractivity contribution in [1.29, 1.82) is 0 Å². The van der Waals surface area contributed by atoms with Crippen molar-refractivity contribution in [2.75, 3.05) is 6.54 Å². The Kier molecular flexibility index (Phi) is 4.96. The van der Waals surface area contributed by atoms with Crippen LogP contribution in [0.1, 0.15) is 43.2 Å². The zero-order chi connectivity index (χ0) is 14.4. The Morgan fingerprint density at radius 2 is 2.10 bits per heavy atom. The first-order valence-corrected chi connectivity index (χ1v) is 7.32. The van der Waals surface area contributed by atoms with Crippen molar-refractivity contribution in [2.24, 2.45) is 0 Å². The van der Waals surface area contributed by atoms with E-state index in [1.165, 1.54) is 18.1 Å². The molecule has 0 atom stereocenters. The van der Waals surface area contributed by atoms with Gasteiger partial charge in [0.1, 0.15) is 0 Å². The van der Waals surface area contributed by atoms with Crippen LogP contribution in [0.15, 0.2) is 30.3 Å². The van der Waals surface area contributed by atoms with Gasteiger partial charge < -0.3 is 10.4 Å². The molecule has 108 valence electrons. The molecule has 0 heterocycles. The summed E-state index contributed by atoms with van der Waals surface area (Å²) in [6, 6.07) is 7.98. The van der Waals surface area contributed by atoms with Gasteiger partial charge in [0, 0.05) is 12.6 Å². The Bertz CT molecular complexity index is 488. The van der Waals surface area contributed by atoms with Crippen molar-refractivity contribution in [3.8, 4) is 0 Å². The molecule has 0 saturated heterocycles. The average Bonchev–Trinajstić information content (AvgIpc) is 2.44. The molecule has 0 aromatic heterocycles. The monoisotopic (exact) mass is 273 g/mol. The van der Waals surface area contributed by atoms with E-state index in [1.54, 1.807) is 6.08 Å². The highest BCUT2D eigenvalue weighted by molar-refractivity contribution is 5.91. The van der Waals surface area contributed by atoms with Crippen molar-refractivity contribution in [1.82, 2.24) is 5.32 Å². The summed E-state index contributed by atoms with van der Waals surface area (Å²) in [5, 5.41) is 13.1. The van der Waals surface area contributed by atoms with Gasteiger partial charge in [-0.15, -0.1) is 0 Å². The molecule has 1 fully saturated rings. The summed E-state index contributed by atoms with van der Waals surface area (Å²) >= 11 is 0. The van der Waals surface area contributed by atoms with Gasteiger partial charge in [-0.05, 0) is 31.4 Å². The van der Waals surface area contributed by atoms with E-state index in [2.05, 4.69) is 5.32 Å². The molecule has 1 aromatic rings. The molecule has 0 spiro atoms. The topological polar surface area (TPSA) is 49.3 Å². The van der Waals surface area contributed by atoms with Gasteiger partial charge >= 0.3 is 0 Å². The molecule has 3 heteroatoms. The average molecular weight is 273 g/mol. The molecular weight excluding hydrogens is 250 g/mol. The van der Waals surface area contributed by atoms with Crippen molar-refractivity contribution in [2.45, 2.75) is 44.6 Å². The van der Waals surface area contributed by atoms with Crippen LogP contribution in [0.25, 0.3) is 6.08 Å². The molecule has 1 aromatic carbocycles. The SMILES string of the molecule is Cc1cccc(C=CC(=O)NCC2(O)CCCCC2)c1. The number of rotatable bonds is 4. The number of aryl methyl sites for hydroxylation is 1. The maximum atomic E-state index is 11.8. The summed E-state index contributed by atoms with van der Waals surface area (Å²) in [4.78, 5) is 11.8. The zero-order valence-corrected chi connectivity index (χ0v) is 12.1. The number of amides is 1. The predicted octanol–water partition coefficient (Wildman–Crippen LogP) is 2.82. The zero-order valence-electron chi connectivity index (χ0n) is 12.1. The Labute approximate surface area is 120 Å². The van der Waals surface area contributed by atoms with E-state index in [4.69, 9.17) is 0 Å². The molecule has 1 aliphatic carbocycles. The van der Waals surface area contributed by atoms with E-state index < -0.39 is 5.60 Å². The molecule has 0 unspecified atom stereocenters. The van der Waals surface area contributed by atoms with Gasteiger partial charge in [0.15, 0.2) is 0 Å². The van der Waals surface area contributed by atoms with Crippen molar-refractivity contribution in [3.63, 3.8) is 0 Å². The number of hydrogen-bond donors (Lipinski definition) is 2. The highest BCUT2D eigenvalue weighted by Gasteiger charge is 2.29. The van der Waals surface area contributed by atoms with Crippen LogP contribution in [0.2, 0.25) is 0 Å². The number of aliphatic hydroxyl groups is 1. The summed E-state index contributed by atoms with van der Waals surface area (Å²) in [5.74, 6) is -0.148. The molecule has 1 saturated carbocycles. The molecule has 1 aliphatic rings. The molecule has 3 nitrogen and oxygen atoms in total. The van der Waals surface area contributed by atoms with Crippen molar-refractivity contribution >= 4 is 12.0 Å². The van der Waals surface area contributed by atoms with E-state index in [0.29, 0.717) is 6.54 Å². The Morgan fingerprint density at radius 3 is 2.80 bits per heavy atom. The molecule has 2 rings (SSSR count). The molecule has 1 amide bonds. The maximum Gasteiger partial charge on any atom is 0.244 e. The number of carbonyl (C=O) groups excluding carboxylic acids is 1. The van der Waals surface area contributed by atoms with Crippen LogP contribution < -0.4 is 5.32 Å². The smallest absolute Gasteiger partial charge is 0.244 e. The second-order valence-corrected chi connectivity index (χ2v) is 5.75. The standard InChI is InChI=1S/C17H23NO2/c1-14-6-5-7-15(12-14)8-9-16(19)18-13-17(20)10-3-2-4-11-17/h5-9,12,20H,2-4,10-11,13H2,1H3,(H,18,19). The van der Waals surface area contributed by atoms with Gasteiger partial charge in [0.2, 0.25) is 5.91 Å². The molecular formula is C17H23NO2. The molecule has 0 aliphatic heterocycles. The van der Waals surface area contributed by atoms with Crippen molar-refractivity contribution < 1.29 is 9.90 Å². The lowest BCUT2D eigenvalue weighted by molar-refractivity contribution is -0.118. The van der Waals surface area contributed by atoms with Crippen molar-refractivity contribution in [3.05, 3.63) is 41.5 Å². The van der Waals surface area contributed by atoms with E-state index in [1.807, 2.05) is 31.2 Å². The van der Waals surface area contributed by atoms with Gasteiger partial charge in [0.05, 0.1) is 5.60 Å². The minimum absolute atomic E-state index is 0.148. The van der Waals surface area contributed by atoms with Gasteiger partial charge in [-0.1, -0.05) is 49.1 Å². The van der Waals surface area contributed by atoms with Crippen LogP contribution in [0.4, 0.5) is 0 Å². The minimum atomic E-state index is -0.703. The van der Waals surface area contributed by atoms with E-state index in [9.17, 15) is 9.90 Å². The first-order chi connectivity index (χ1) is 9.57. The normalized spacial score (nSPS) is 18.1. The highest BCUT2D eigenvalue weighted by atomic mass is 16.3. The summed E-state index contributed by atoms with van der Waals surface area (Å²) in [7, 11) is 0. The largest absolute Gasteiger partial charge is 0.388 e. The Hall–Kier alpha value is -1.61. The number of hydrogen-bond acceptors (Lipinski definition) is 2. The Balaban J connectivity index is 1.83. The first-order valence-electron chi connectivity index (χ1n) is 7.32. The van der Waals surface area contributed by atoms with Gasteiger partial charge in [-0.25, -0.2) is 0 Å².